The Morgan fingerprint density at radius 1 is 0.963 bits per heavy atom. The van der Waals surface area contributed by atoms with E-state index in [1.165, 1.54) is 24.8 Å². The molecule has 1 aliphatic heterocycles. The molecule has 3 aromatic rings. The number of rotatable bonds is 6. The van der Waals surface area contributed by atoms with Gasteiger partial charge in [-0.1, -0.05) is 24.6 Å². The van der Waals surface area contributed by atoms with Crippen LogP contribution in [0.5, 0.6) is 17.2 Å². The lowest BCUT2D eigenvalue weighted by molar-refractivity contribution is 0.239. The highest BCUT2D eigenvalue weighted by Crippen LogP contribution is 2.34. The van der Waals surface area contributed by atoms with Crippen molar-refractivity contribution in [2.75, 3.05) is 13.2 Å². The Balaban J connectivity index is 0.00000210. The third-order valence-corrected chi connectivity index (χ3v) is 5.32. The van der Waals surface area contributed by atoms with E-state index >= 15 is 0 Å². The van der Waals surface area contributed by atoms with Crippen molar-refractivity contribution in [3.05, 3.63) is 65.4 Å². The number of nitrogens with one attached hydrogen (secondary N) is 1. The van der Waals surface area contributed by atoms with Gasteiger partial charge < -0.3 is 14.8 Å². The molecule has 3 nitrogen and oxygen atoms in total. The van der Waals surface area contributed by atoms with Crippen LogP contribution in [0.25, 0.3) is 11.1 Å². The first-order valence-electron chi connectivity index (χ1n) is 9.14. The number of ether oxygens (including phenoxy) is 2. The average molecular weight is 402 g/mol. The second kappa shape index (κ2) is 9.79. The van der Waals surface area contributed by atoms with E-state index in [9.17, 15) is 0 Å². The Morgan fingerprint density at radius 3 is 2.52 bits per heavy atom. The molecule has 0 aliphatic carbocycles. The van der Waals surface area contributed by atoms with Gasteiger partial charge in [0.2, 0.25) is 0 Å². The number of hydrogen-bond acceptors (Lipinski definition) is 4. The molecular weight excluding hydrogens is 378 g/mol. The highest BCUT2D eigenvalue weighted by molar-refractivity contribution is 7.08. The first kappa shape index (κ1) is 19.7. The zero-order valence-corrected chi connectivity index (χ0v) is 16.7. The summed E-state index contributed by atoms with van der Waals surface area (Å²) in [5, 5.41) is 7.72. The number of benzene rings is 2. The van der Waals surface area contributed by atoms with Crippen LogP contribution in [0, 0.1) is 0 Å². The lowest BCUT2D eigenvalue weighted by Crippen LogP contribution is -2.38. The number of thiophene rings is 1. The monoisotopic (exact) mass is 401 g/mol. The van der Waals surface area contributed by atoms with Crippen molar-refractivity contribution in [3.8, 4) is 28.4 Å². The molecule has 1 saturated heterocycles. The average Bonchev–Trinajstić information content (AvgIpc) is 3.23. The second-order valence-corrected chi connectivity index (χ2v) is 7.32. The van der Waals surface area contributed by atoms with Gasteiger partial charge in [0.1, 0.15) is 23.9 Å². The highest BCUT2D eigenvalue weighted by Gasteiger charge is 2.13. The molecule has 1 atom stereocenters. The van der Waals surface area contributed by atoms with Crippen LogP contribution in [0.4, 0.5) is 0 Å². The lowest BCUT2D eigenvalue weighted by Gasteiger charge is -2.23. The molecule has 142 valence electrons. The lowest BCUT2D eigenvalue weighted by atomic mass is 10.1. The van der Waals surface area contributed by atoms with Crippen molar-refractivity contribution in [2.24, 2.45) is 0 Å². The van der Waals surface area contributed by atoms with E-state index in [0.29, 0.717) is 6.04 Å². The minimum absolute atomic E-state index is 0. The van der Waals surface area contributed by atoms with E-state index in [1.807, 2.05) is 42.5 Å². The molecule has 0 amide bonds. The fourth-order valence-electron chi connectivity index (χ4n) is 3.21. The van der Waals surface area contributed by atoms with Gasteiger partial charge in [0, 0.05) is 11.6 Å². The van der Waals surface area contributed by atoms with Crippen molar-refractivity contribution in [3.63, 3.8) is 0 Å². The maximum absolute atomic E-state index is 6.12. The van der Waals surface area contributed by atoms with E-state index in [2.05, 4.69) is 28.2 Å². The van der Waals surface area contributed by atoms with Crippen LogP contribution < -0.4 is 14.8 Å². The molecule has 0 saturated carbocycles. The molecule has 1 unspecified atom stereocenters. The predicted molar refractivity (Wildman–Crippen MR) is 115 cm³/mol. The van der Waals surface area contributed by atoms with Gasteiger partial charge in [0.15, 0.2) is 0 Å². The molecule has 2 heterocycles. The molecule has 1 fully saturated rings. The van der Waals surface area contributed by atoms with Crippen molar-refractivity contribution < 1.29 is 9.47 Å². The molecule has 1 aliphatic rings. The van der Waals surface area contributed by atoms with Gasteiger partial charge in [-0.15, -0.1) is 12.4 Å². The van der Waals surface area contributed by atoms with Gasteiger partial charge >= 0.3 is 0 Å². The number of piperidine rings is 1. The molecular formula is C22H24ClNO2S. The van der Waals surface area contributed by atoms with Crippen molar-refractivity contribution >= 4 is 23.7 Å². The molecule has 1 N–H and O–H groups in total. The molecule has 4 rings (SSSR count). The molecule has 0 spiro atoms. The van der Waals surface area contributed by atoms with Gasteiger partial charge in [0.25, 0.3) is 0 Å². The second-order valence-electron chi connectivity index (χ2n) is 6.54. The number of halogens is 1. The Kier molecular flexibility index (Phi) is 7.16. The van der Waals surface area contributed by atoms with Crippen LogP contribution >= 0.6 is 23.7 Å². The standard InChI is InChI=1S/C22H23NO2S.ClH/c1-2-7-22(21(6-1)17-12-14-26-16-17)25-20-10-8-19(9-11-20)24-15-18-5-3-4-13-23-18;/h1-2,6-12,14,16,18,23H,3-5,13,15H2;1H. The summed E-state index contributed by atoms with van der Waals surface area (Å²) < 4.78 is 12.0. The predicted octanol–water partition coefficient (Wildman–Crippen LogP) is 6.15. The van der Waals surface area contributed by atoms with Crippen LogP contribution in [0.2, 0.25) is 0 Å². The largest absolute Gasteiger partial charge is 0.492 e. The third-order valence-electron chi connectivity index (χ3n) is 4.63. The number of hydrogen-bond donors (Lipinski definition) is 1. The van der Waals surface area contributed by atoms with Gasteiger partial charge in [0.05, 0.1) is 0 Å². The Morgan fingerprint density at radius 2 is 1.78 bits per heavy atom. The van der Waals surface area contributed by atoms with E-state index in [4.69, 9.17) is 9.47 Å². The van der Waals surface area contributed by atoms with Crippen molar-refractivity contribution in [1.82, 2.24) is 5.32 Å². The number of para-hydroxylation sites is 1. The summed E-state index contributed by atoms with van der Waals surface area (Å²) in [4.78, 5) is 0. The topological polar surface area (TPSA) is 30.5 Å². The smallest absolute Gasteiger partial charge is 0.135 e. The summed E-state index contributed by atoms with van der Waals surface area (Å²) in [7, 11) is 0. The van der Waals surface area contributed by atoms with Crippen molar-refractivity contribution in [1.29, 1.82) is 0 Å². The third kappa shape index (κ3) is 5.25. The van der Waals surface area contributed by atoms with Crippen LogP contribution in [0.3, 0.4) is 0 Å². The fourth-order valence-corrected chi connectivity index (χ4v) is 3.86. The maximum atomic E-state index is 6.12. The van der Waals surface area contributed by atoms with Crippen LogP contribution in [-0.4, -0.2) is 19.2 Å². The van der Waals surface area contributed by atoms with Crippen LogP contribution in [-0.2, 0) is 0 Å². The van der Waals surface area contributed by atoms with Crippen LogP contribution in [0.15, 0.2) is 65.4 Å². The van der Waals surface area contributed by atoms with Gasteiger partial charge in [-0.2, -0.15) is 11.3 Å². The Hall–Kier alpha value is -2.01. The minimum atomic E-state index is 0. The quantitative estimate of drug-likeness (QED) is 0.537. The summed E-state index contributed by atoms with van der Waals surface area (Å²) >= 11 is 1.69. The van der Waals surface area contributed by atoms with E-state index in [-0.39, 0.29) is 12.4 Å². The van der Waals surface area contributed by atoms with E-state index in [0.717, 1.165) is 36.0 Å². The Bertz CT molecular complexity index is 815. The highest BCUT2D eigenvalue weighted by atomic mass is 35.5. The van der Waals surface area contributed by atoms with Crippen LogP contribution in [0.1, 0.15) is 19.3 Å². The molecule has 0 bridgehead atoms. The molecule has 1 aromatic heterocycles. The molecule has 0 radical (unpaired) electrons. The minimum Gasteiger partial charge on any atom is -0.492 e. The summed E-state index contributed by atoms with van der Waals surface area (Å²) in [6.45, 7) is 1.82. The molecule has 2 aromatic carbocycles. The van der Waals surface area contributed by atoms with Gasteiger partial charge in [-0.05, 0) is 72.1 Å². The summed E-state index contributed by atoms with van der Waals surface area (Å²) in [5.41, 5.74) is 2.29. The van der Waals surface area contributed by atoms with E-state index < -0.39 is 0 Å². The SMILES string of the molecule is Cl.c1ccc(-c2ccsc2)c(Oc2ccc(OCC3CCCCN3)cc2)c1. The van der Waals surface area contributed by atoms with Gasteiger partial charge in [-0.25, -0.2) is 0 Å². The summed E-state index contributed by atoms with van der Waals surface area (Å²) in [6, 6.07) is 18.6. The maximum Gasteiger partial charge on any atom is 0.135 e. The summed E-state index contributed by atoms with van der Waals surface area (Å²) in [6.07, 6.45) is 3.76. The first-order valence-corrected chi connectivity index (χ1v) is 10.1. The fraction of sp³-hybridized carbons (Fsp3) is 0.273. The normalized spacial score (nSPS) is 16.4. The first-order chi connectivity index (χ1) is 12.9. The zero-order chi connectivity index (χ0) is 17.6. The Labute approximate surface area is 170 Å². The van der Waals surface area contributed by atoms with E-state index in [1.54, 1.807) is 11.3 Å². The summed E-state index contributed by atoms with van der Waals surface area (Å²) in [5.74, 6) is 2.57. The molecule has 5 heteroatoms. The van der Waals surface area contributed by atoms with Crippen molar-refractivity contribution in [2.45, 2.75) is 25.3 Å². The van der Waals surface area contributed by atoms with Gasteiger partial charge in [-0.3, -0.25) is 0 Å². The molecule has 27 heavy (non-hydrogen) atoms. The zero-order valence-electron chi connectivity index (χ0n) is 15.1.